The van der Waals surface area contributed by atoms with Gasteiger partial charge in [-0.15, -0.1) is 0 Å². The van der Waals surface area contributed by atoms with Crippen LogP contribution in [-0.2, 0) is 9.84 Å². The second-order valence-corrected chi connectivity index (χ2v) is 6.31. The van der Waals surface area contributed by atoms with Crippen LogP contribution < -0.4 is 5.32 Å². The SMILES string of the molecule is O=C(N[C@H]1CCS(=O)(=O)C1)c1cccc(F)c1. The maximum absolute atomic E-state index is 12.9. The van der Waals surface area contributed by atoms with E-state index >= 15 is 0 Å². The molecule has 1 aliphatic rings. The summed E-state index contributed by atoms with van der Waals surface area (Å²) in [5, 5.41) is 2.59. The summed E-state index contributed by atoms with van der Waals surface area (Å²) >= 11 is 0. The van der Waals surface area contributed by atoms with Crippen molar-refractivity contribution in [2.24, 2.45) is 0 Å². The number of hydrogen-bond donors (Lipinski definition) is 1. The van der Waals surface area contributed by atoms with Gasteiger partial charge in [0.25, 0.3) is 5.91 Å². The van der Waals surface area contributed by atoms with Gasteiger partial charge in [0.05, 0.1) is 11.5 Å². The Labute approximate surface area is 98.8 Å². The summed E-state index contributed by atoms with van der Waals surface area (Å²) < 4.78 is 35.3. The molecule has 0 spiro atoms. The molecule has 6 heteroatoms. The average molecular weight is 257 g/mol. The predicted octanol–water partition coefficient (Wildman–Crippen LogP) is 0.743. The molecule has 0 radical (unpaired) electrons. The Morgan fingerprint density at radius 3 is 2.76 bits per heavy atom. The smallest absolute Gasteiger partial charge is 0.251 e. The molecule has 0 aliphatic carbocycles. The van der Waals surface area contributed by atoms with Gasteiger partial charge in [-0.05, 0) is 24.6 Å². The van der Waals surface area contributed by atoms with Crippen LogP contribution in [-0.4, -0.2) is 31.9 Å². The van der Waals surface area contributed by atoms with E-state index in [1.165, 1.54) is 18.2 Å². The highest BCUT2D eigenvalue weighted by Crippen LogP contribution is 2.12. The summed E-state index contributed by atoms with van der Waals surface area (Å²) in [7, 11) is -3.02. The van der Waals surface area contributed by atoms with E-state index < -0.39 is 21.6 Å². The molecule has 2 rings (SSSR count). The van der Waals surface area contributed by atoms with E-state index in [1.807, 2.05) is 0 Å². The summed E-state index contributed by atoms with van der Waals surface area (Å²) in [6, 6.07) is 4.93. The van der Waals surface area contributed by atoms with Crippen LogP contribution in [0.2, 0.25) is 0 Å². The van der Waals surface area contributed by atoms with Gasteiger partial charge in [-0.2, -0.15) is 0 Å². The number of benzene rings is 1. The molecule has 92 valence electrons. The molecule has 1 heterocycles. The monoisotopic (exact) mass is 257 g/mol. The number of nitrogens with one attached hydrogen (secondary N) is 1. The summed E-state index contributed by atoms with van der Waals surface area (Å²) in [5.41, 5.74) is 0.203. The van der Waals surface area contributed by atoms with Gasteiger partial charge in [0.1, 0.15) is 5.82 Å². The van der Waals surface area contributed by atoms with Gasteiger partial charge in [-0.1, -0.05) is 6.07 Å². The second-order valence-electron chi connectivity index (χ2n) is 4.08. The van der Waals surface area contributed by atoms with Crippen molar-refractivity contribution in [3.05, 3.63) is 35.6 Å². The highest BCUT2D eigenvalue weighted by molar-refractivity contribution is 7.91. The Kier molecular flexibility index (Phi) is 3.15. The number of sulfone groups is 1. The van der Waals surface area contributed by atoms with Crippen molar-refractivity contribution in [2.45, 2.75) is 12.5 Å². The Balaban J connectivity index is 2.03. The number of rotatable bonds is 2. The lowest BCUT2D eigenvalue weighted by Crippen LogP contribution is -2.35. The van der Waals surface area contributed by atoms with Crippen molar-refractivity contribution in [3.63, 3.8) is 0 Å². The zero-order valence-corrected chi connectivity index (χ0v) is 9.84. The largest absolute Gasteiger partial charge is 0.348 e. The van der Waals surface area contributed by atoms with Crippen molar-refractivity contribution >= 4 is 15.7 Å². The maximum Gasteiger partial charge on any atom is 0.251 e. The third-order valence-electron chi connectivity index (χ3n) is 2.65. The fourth-order valence-corrected chi connectivity index (χ4v) is 3.48. The minimum atomic E-state index is -3.02. The van der Waals surface area contributed by atoms with Crippen LogP contribution in [0, 0.1) is 5.82 Å². The molecule has 0 bridgehead atoms. The van der Waals surface area contributed by atoms with E-state index in [9.17, 15) is 17.6 Å². The molecule has 0 aromatic heterocycles. The molecule has 0 unspecified atom stereocenters. The van der Waals surface area contributed by atoms with Crippen molar-refractivity contribution < 1.29 is 17.6 Å². The van der Waals surface area contributed by atoms with Gasteiger partial charge in [-0.25, -0.2) is 12.8 Å². The zero-order chi connectivity index (χ0) is 12.5. The third-order valence-corrected chi connectivity index (χ3v) is 4.42. The minimum Gasteiger partial charge on any atom is -0.348 e. The summed E-state index contributed by atoms with van der Waals surface area (Å²) in [6.45, 7) is 0. The van der Waals surface area contributed by atoms with Crippen LogP contribution in [0.15, 0.2) is 24.3 Å². The Morgan fingerprint density at radius 2 is 2.18 bits per heavy atom. The van der Waals surface area contributed by atoms with E-state index in [0.29, 0.717) is 6.42 Å². The van der Waals surface area contributed by atoms with E-state index in [0.717, 1.165) is 6.07 Å². The van der Waals surface area contributed by atoms with Gasteiger partial charge in [0.2, 0.25) is 0 Å². The van der Waals surface area contributed by atoms with E-state index in [2.05, 4.69) is 5.32 Å². The summed E-state index contributed by atoms with van der Waals surface area (Å²) in [5.74, 6) is -0.863. The highest BCUT2D eigenvalue weighted by atomic mass is 32.2. The first kappa shape index (κ1) is 12.0. The maximum atomic E-state index is 12.9. The second kappa shape index (κ2) is 4.44. The third kappa shape index (κ3) is 3.03. The molecule has 1 atom stereocenters. The minimum absolute atomic E-state index is 0.0337. The van der Waals surface area contributed by atoms with Crippen LogP contribution in [0.1, 0.15) is 16.8 Å². The van der Waals surface area contributed by atoms with Crippen molar-refractivity contribution in [1.29, 1.82) is 0 Å². The van der Waals surface area contributed by atoms with Gasteiger partial charge >= 0.3 is 0 Å². The molecule has 1 aromatic carbocycles. The van der Waals surface area contributed by atoms with E-state index in [1.54, 1.807) is 0 Å². The first-order chi connectivity index (χ1) is 7.96. The normalized spacial score (nSPS) is 22.3. The van der Waals surface area contributed by atoms with Crippen LogP contribution in [0.5, 0.6) is 0 Å². The fourth-order valence-electron chi connectivity index (χ4n) is 1.81. The van der Waals surface area contributed by atoms with Crippen LogP contribution in [0.25, 0.3) is 0 Å². The molecule has 1 aliphatic heterocycles. The number of halogens is 1. The van der Waals surface area contributed by atoms with Crippen molar-refractivity contribution in [3.8, 4) is 0 Å². The summed E-state index contributed by atoms with van der Waals surface area (Å²) in [4.78, 5) is 11.7. The molecule has 1 amide bonds. The number of amides is 1. The van der Waals surface area contributed by atoms with Crippen LogP contribution in [0.3, 0.4) is 0 Å². The molecular weight excluding hydrogens is 245 g/mol. The molecule has 1 fully saturated rings. The molecule has 1 aromatic rings. The Morgan fingerprint density at radius 1 is 1.41 bits per heavy atom. The number of hydrogen-bond acceptors (Lipinski definition) is 3. The van der Waals surface area contributed by atoms with Crippen LogP contribution in [0.4, 0.5) is 4.39 Å². The summed E-state index contributed by atoms with van der Waals surface area (Å²) in [6.07, 6.45) is 0.420. The number of carbonyl (C=O) groups excluding carboxylic acids is 1. The first-order valence-corrected chi connectivity index (χ1v) is 7.05. The predicted molar refractivity (Wildman–Crippen MR) is 60.9 cm³/mol. The first-order valence-electron chi connectivity index (χ1n) is 5.23. The van der Waals surface area contributed by atoms with Gasteiger partial charge in [-0.3, -0.25) is 4.79 Å². The molecule has 0 saturated carbocycles. The van der Waals surface area contributed by atoms with Crippen molar-refractivity contribution in [2.75, 3.05) is 11.5 Å². The fraction of sp³-hybridized carbons (Fsp3) is 0.364. The Bertz CT molecular complexity index is 541. The highest BCUT2D eigenvalue weighted by Gasteiger charge is 2.29. The lowest BCUT2D eigenvalue weighted by molar-refractivity contribution is 0.0940. The van der Waals surface area contributed by atoms with Gasteiger partial charge in [0.15, 0.2) is 9.84 Å². The topological polar surface area (TPSA) is 63.2 Å². The van der Waals surface area contributed by atoms with Gasteiger partial charge in [0, 0.05) is 11.6 Å². The molecule has 4 nitrogen and oxygen atoms in total. The van der Waals surface area contributed by atoms with E-state index in [4.69, 9.17) is 0 Å². The standard InChI is InChI=1S/C11H12FNO3S/c12-9-3-1-2-8(6-9)11(14)13-10-4-5-17(15,16)7-10/h1-3,6,10H,4-5,7H2,(H,13,14)/t10-/m0/s1. The molecule has 17 heavy (non-hydrogen) atoms. The zero-order valence-electron chi connectivity index (χ0n) is 9.02. The Hall–Kier alpha value is -1.43. The molecular formula is C11H12FNO3S. The van der Waals surface area contributed by atoms with E-state index in [-0.39, 0.29) is 23.1 Å². The van der Waals surface area contributed by atoms with Gasteiger partial charge < -0.3 is 5.32 Å². The lowest BCUT2D eigenvalue weighted by Gasteiger charge is -2.10. The van der Waals surface area contributed by atoms with Crippen molar-refractivity contribution in [1.82, 2.24) is 5.32 Å². The lowest BCUT2D eigenvalue weighted by atomic mass is 10.2. The van der Waals surface area contributed by atoms with Crippen LogP contribution >= 0.6 is 0 Å². The average Bonchev–Trinajstić information content (AvgIpc) is 2.58. The molecule has 1 N–H and O–H groups in total. The number of carbonyl (C=O) groups is 1. The quantitative estimate of drug-likeness (QED) is 0.850. The molecule has 1 saturated heterocycles.